The van der Waals surface area contributed by atoms with Crippen LogP contribution >= 0.6 is 0 Å². The van der Waals surface area contributed by atoms with E-state index in [0.717, 1.165) is 16.8 Å². The first-order valence-corrected chi connectivity index (χ1v) is 8.84. The first-order valence-electron chi connectivity index (χ1n) is 8.84. The molecule has 0 saturated heterocycles. The first kappa shape index (κ1) is 19.2. The Kier molecular flexibility index (Phi) is 5.79. The first-order chi connectivity index (χ1) is 13.5. The van der Waals surface area contributed by atoms with E-state index in [-0.39, 0.29) is 5.91 Å². The Morgan fingerprint density at radius 3 is 2.25 bits per heavy atom. The van der Waals surface area contributed by atoms with Gasteiger partial charge in [0.25, 0.3) is 5.91 Å². The van der Waals surface area contributed by atoms with Gasteiger partial charge >= 0.3 is 0 Å². The third-order valence-electron chi connectivity index (χ3n) is 4.40. The molecule has 6 heteroatoms. The van der Waals surface area contributed by atoms with Crippen LogP contribution in [-0.4, -0.2) is 25.1 Å². The minimum absolute atomic E-state index is 0.252. The molecule has 2 aromatic carbocycles. The zero-order chi connectivity index (χ0) is 20.1. The predicted octanol–water partition coefficient (Wildman–Crippen LogP) is 4.71. The number of nitrogens with one attached hydrogen (secondary N) is 2. The molecule has 0 radical (unpaired) electrons. The predicted molar refractivity (Wildman–Crippen MR) is 111 cm³/mol. The summed E-state index contributed by atoms with van der Waals surface area (Å²) in [7, 11) is 3.12. The molecule has 0 aliphatic rings. The molecule has 0 spiro atoms. The van der Waals surface area contributed by atoms with Crippen LogP contribution in [0.2, 0.25) is 0 Å². The molecule has 0 fully saturated rings. The van der Waals surface area contributed by atoms with Crippen LogP contribution in [0.4, 0.5) is 17.2 Å². The van der Waals surface area contributed by atoms with Crippen molar-refractivity contribution >= 4 is 23.1 Å². The second-order valence-electron chi connectivity index (χ2n) is 6.35. The van der Waals surface area contributed by atoms with Gasteiger partial charge in [0, 0.05) is 23.6 Å². The monoisotopic (exact) mass is 377 g/mol. The van der Waals surface area contributed by atoms with Crippen molar-refractivity contribution < 1.29 is 14.3 Å². The number of rotatable bonds is 6. The largest absolute Gasteiger partial charge is 0.493 e. The standard InChI is InChI=1S/C22H23N3O3/c1-14-6-5-7-15(2)21(14)25-20-11-8-16(13-23-20)22(26)24-17-9-10-18(27-3)19(12-17)28-4/h5-13H,1-4H3,(H,23,25)(H,24,26). The lowest BCUT2D eigenvalue weighted by Crippen LogP contribution is -2.12. The Bertz CT molecular complexity index is 965. The minimum atomic E-state index is -0.252. The molecule has 3 aromatic rings. The number of aryl methyl sites for hydroxylation is 2. The molecule has 3 rings (SSSR count). The fraction of sp³-hybridized carbons (Fsp3) is 0.182. The second-order valence-corrected chi connectivity index (χ2v) is 6.35. The lowest BCUT2D eigenvalue weighted by molar-refractivity contribution is 0.102. The number of anilines is 3. The van der Waals surface area contributed by atoms with Crippen LogP contribution in [0.25, 0.3) is 0 Å². The second kappa shape index (κ2) is 8.43. The van der Waals surface area contributed by atoms with Gasteiger partial charge in [0.2, 0.25) is 0 Å². The number of carbonyl (C=O) groups excluding carboxylic acids is 1. The summed E-state index contributed by atoms with van der Waals surface area (Å²) in [4.78, 5) is 16.9. The molecular weight excluding hydrogens is 354 g/mol. The van der Waals surface area contributed by atoms with Gasteiger partial charge in [-0.3, -0.25) is 4.79 Å². The summed E-state index contributed by atoms with van der Waals surface area (Å²) in [6.07, 6.45) is 1.55. The normalized spacial score (nSPS) is 10.3. The number of amides is 1. The van der Waals surface area contributed by atoms with E-state index in [4.69, 9.17) is 9.47 Å². The number of para-hydroxylation sites is 1. The van der Waals surface area contributed by atoms with Gasteiger partial charge in [-0.05, 0) is 49.2 Å². The fourth-order valence-corrected chi connectivity index (χ4v) is 2.86. The van der Waals surface area contributed by atoms with Gasteiger partial charge in [-0.2, -0.15) is 0 Å². The third kappa shape index (κ3) is 4.23. The van der Waals surface area contributed by atoms with Gasteiger partial charge in [-0.15, -0.1) is 0 Å². The van der Waals surface area contributed by atoms with Gasteiger partial charge in [0.15, 0.2) is 11.5 Å². The Hall–Kier alpha value is -3.54. The number of pyridine rings is 1. The molecule has 0 bridgehead atoms. The SMILES string of the molecule is COc1ccc(NC(=O)c2ccc(Nc3c(C)cccc3C)nc2)cc1OC. The lowest BCUT2D eigenvalue weighted by atomic mass is 10.1. The highest BCUT2D eigenvalue weighted by atomic mass is 16.5. The summed E-state index contributed by atoms with van der Waals surface area (Å²) in [6, 6.07) is 14.8. The van der Waals surface area contributed by atoms with E-state index < -0.39 is 0 Å². The van der Waals surface area contributed by atoms with Crippen LogP contribution in [-0.2, 0) is 0 Å². The van der Waals surface area contributed by atoms with Crippen LogP contribution in [0.15, 0.2) is 54.7 Å². The molecule has 6 nitrogen and oxygen atoms in total. The summed E-state index contributed by atoms with van der Waals surface area (Å²) in [5.41, 5.74) is 4.37. The number of hydrogen-bond acceptors (Lipinski definition) is 5. The summed E-state index contributed by atoms with van der Waals surface area (Å²) >= 11 is 0. The van der Waals surface area contributed by atoms with Gasteiger partial charge < -0.3 is 20.1 Å². The maximum Gasteiger partial charge on any atom is 0.257 e. The highest BCUT2D eigenvalue weighted by molar-refractivity contribution is 6.04. The quantitative estimate of drug-likeness (QED) is 0.651. The number of nitrogens with zero attached hydrogens (tertiary/aromatic N) is 1. The van der Waals surface area contributed by atoms with E-state index in [9.17, 15) is 4.79 Å². The van der Waals surface area contributed by atoms with E-state index in [0.29, 0.717) is 28.6 Å². The third-order valence-corrected chi connectivity index (χ3v) is 4.40. The van der Waals surface area contributed by atoms with Gasteiger partial charge in [-0.25, -0.2) is 4.98 Å². The Morgan fingerprint density at radius 2 is 1.64 bits per heavy atom. The molecule has 28 heavy (non-hydrogen) atoms. The summed E-state index contributed by atoms with van der Waals surface area (Å²) in [5, 5.41) is 6.15. The Balaban J connectivity index is 1.72. The van der Waals surface area contributed by atoms with Crippen molar-refractivity contribution in [2.24, 2.45) is 0 Å². The zero-order valence-corrected chi connectivity index (χ0v) is 16.4. The summed E-state index contributed by atoms with van der Waals surface area (Å²) in [6.45, 7) is 4.08. The summed E-state index contributed by atoms with van der Waals surface area (Å²) in [5.74, 6) is 1.58. The van der Waals surface area contributed by atoms with Crippen molar-refractivity contribution in [3.05, 3.63) is 71.4 Å². The molecule has 0 unspecified atom stereocenters. The molecule has 1 amide bonds. The molecule has 0 aliphatic carbocycles. The molecule has 1 aromatic heterocycles. The molecule has 1 heterocycles. The molecule has 0 atom stereocenters. The van der Waals surface area contributed by atoms with Crippen LogP contribution < -0.4 is 20.1 Å². The average Bonchev–Trinajstić information content (AvgIpc) is 2.71. The maximum absolute atomic E-state index is 12.5. The Labute approximate surface area is 164 Å². The van der Waals surface area contributed by atoms with Crippen LogP contribution in [0.1, 0.15) is 21.5 Å². The fourth-order valence-electron chi connectivity index (χ4n) is 2.86. The van der Waals surface area contributed by atoms with E-state index in [2.05, 4.69) is 15.6 Å². The number of benzene rings is 2. The highest BCUT2D eigenvalue weighted by Crippen LogP contribution is 2.30. The van der Waals surface area contributed by atoms with Crippen molar-refractivity contribution in [3.8, 4) is 11.5 Å². The highest BCUT2D eigenvalue weighted by Gasteiger charge is 2.10. The summed E-state index contributed by atoms with van der Waals surface area (Å²) < 4.78 is 10.5. The molecular formula is C22H23N3O3. The van der Waals surface area contributed by atoms with Gasteiger partial charge in [0.05, 0.1) is 19.8 Å². The van der Waals surface area contributed by atoms with Gasteiger partial charge in [-0.1, -0.05) is 18.2 Å². The van der Waals surface area contributed by atoms with E-state index >= 15 is 0 Å². The van der Waals surface area contributed by atoms with Crippen molar-refractivity contribution in [3.63, 3.8) is 0 Å². The van der Waals surface area contributed by atoms with E-state index in [1.54, 1.807) is 50.7 Å². The molecule has 2 N–H and O–H groups in total. The minimum Gasteiger partial charge on any atom is -0.493 e. The van der Waals surface area contributed by atoms with E-state index in [1.807, 2.05) is 32.0 Å². The van der Waals surface area contributed by atoms with E-state index in [1.165, 1.54) is 0 Å². The molecule has 144 valence electrons. The van der Waals surface area contributed by atoms with Crippen molar-refractivity contribution in [1.29, 1.82) is 0 Å². The zero-order valence-electron chi connectivity index (χ0n) is 16.4. The lowest BCUT2D eigenvalue weighted by Gasteiger charge is -2.12. The number of aromatic nitrogens is 1. The van der Waals surface area contributed by atoms with Crippen molar-refractivity contribution in [2.75, 3.05) is 24.9 Å². The average molecular weight is 377 g/mol. The number of methoxy groups -OCH3 is 2. The maximum atomic E-state index is 12.5. The van der Waals surface area contributed by atoms with Gasteiger partial charge in [0.1, 0.15) is 5.82 Å². The topological polar surface area (TPSA) is 72.5 Å². The molecule has 0 aliphatic heterocycles. The smallest absolute Gasteiger partial charge is 0.257 e. The Morgan fingerprint density at radius 1 is 0.929 bits per heavy atom. The number of hydrogen-bond donors (Lipinski definition) is 2. The van der Waals surface area contributed by atoms with Crippen molar-refractivity contribution in [2.45, 2.75) is 13.8 Å². The van der Waals surface area contributed by atoms with Crippen LogP contribution in [0, 0.1) is 13.8 Å². The van der Waals surface area contributed by atoms with Crippen LogP contribution in [0.3, 0.4) is 0 Å². The van der Waals surface area contributed by atoms with Crippen molar-refractivity contribution in [1.82, 2.24) is 4.98 Å². The number of carbonyl (C=O) groups is 1. The number of ether oxygens (including phenoxy) is 2. The van der Waals surface area contributed by atoms with Crippen LogP contribution in [0.5, 0.6) is 11.5 Å². The molecule has 0 saturated carbocycles.